The van der Waals surface area contributed by atoms with E-state index in [0.717, 1.165) is 0 Å². The second-order valence-electron chi connectivity index (χ2n) is 2.32. The van der Waals surface area contributed by atoms with Crippen molar-refractivity contribution in [1.82, 2.24) is 5.43 Å². The molecule has 0 saturated heterocycles. The summed E-state index contributed by atoms with van der Waals surface area (Å²) in [5.74, 6) is 4.63. The summed E-state index contributed by atoms with van der Waals surface area (Å²) in [5.41, 5.74) is 1.91. The van der Waals surface area contributed by atoms with Gasteiger partial charge < -0.3 is 9.84 Å². The van der Waals surface area contributed by atoms with E-state index in [9.17, 15) is 9.90 Å². The van der Waals surface area contributed by atoms with Crippen LogP contribution in [0.4, 0.5) is 0 Å². The summed E-state index contributed by atoms with van der Waals surface area (Å²) in [5, 5.41) is 9.21. The van der Waals surface area contributed by atoms with Crippen molar-refractivity contribution in [3.8, 4) is 11.5 Å². The summed E-state index contributed by atoms with van der Waals surface area (Å²) in [6, 6.07) is 6.37. The number of nitrogens with two attached hydrogens (primary N) is 1. The Morgan fingerprint density at radius 2 is 2.23 bits per heavy atom. The maximum atomic E-state index is 10.7. The highest BCUT2D eigenvalue weighted by Gasteiger charge is 2.03. The standard InChI is InChI=1S/C8H10N2O3/c9-10-8(12)5-13-7-4-2-1-3-6(7)11/h1-4,11H,5,9H2,(H,10,12). The third kappa shape index (κ3) is 2.64. The number of rotatable bonds is 3. The Morgan fingerprint density at radius 3 is 2.85 bits per heavy atom. The number of carbonyl (C=O) groups excluding carboxylic acids is 1. The molecule has 0 heterocycles. The summed E-state index contributed by atoms with van der Waals surface area (Å²) in [6.07, 6.45) is 0. The topological polar surface area (TPSA) is 84.6 Å². The van der Waals surface area contributed by atoms with Crippen LogP contribution in [0.5, 0.6) is 11.5 Å². The van der Waals surface area contributed by atoms with Crippen LogP contribution >= 0.6 is 0 Å². The molecule has 13 heavy (non-hydrogen) atoms. The minimum absolute atomic E-state index is 0.00711. The summed E-state index contributed by atoms with van der Waals surface area (Å²) in [6.45, 7) is -0.214. The zero-order valence-corrected chi connectivity index (χ0v) is 6.86. The van der Waals surface area contributed by atoms with Crippen molar-refractivity contribution in [2.24, 2.45) is 5.84 Å². The number of phenols is 1. The largest absolute Gasteiger partial charge is 0.504 e. The van der Waals surface area contributed by atoms with Gasteiger partial charge in [0.25, 0.3) is 5.91 Å². The molecule has 1 amide bonds. The number of carbonyl (C=O) groups is 1. The van der Waals surface area contributed by atoms with Crippen LogP contribution in [0.15, 0.2) is 24.3 Å². The molecule has 0 aliphatic heterocycles. The lowest BCUT2D eigenvalue weighted by Gasteiger charge is -2.05. The van der Waals surface area contributed by atoms with E-state index in [1.807, 2.05) is 5.43 Å². The molecule has 5 heteroatoms. The monoisotopic (exact) mass is 182 g/mol. The van der Waals surface area contributed by atoms with Gasteiger partial charge in [0.1, 0.15) is 0 Å². The third-order valence-electron chi connectivity index (χ3n) is 1.39. The van der Waals surface area contributed by atoms with Crippen LogP contribution in [-0.2, 0) is 4.79 Å². The highest BCUT2D eigenvalue weighted by atomic mass is 16.5. The molecule has 0 radical (unpaired) electrons. The summed E-state index contributed by atoms with van der Waals surface area (Å²) in [4.78, 5) is 10.7. The number of nitrogens with one attached hydrogen (secondary N) is 1. The van der Waals surface area contributed by atoms with Gasteiger partial charge in [-0.1, -0.05) is 12.1 Å². The second-order valence-corrected chi connectivity index (χ2v) is 2.32. The van der Waals surface area contributed by atoms with E-state index in [-0.39, 0.29) is 18.1 Å². The molecular formula is C8H10N2O3. The molecule has 70 valence electrons. The minimum atomic E-state index is -0.455. The molecule has 5 nitrogen and oxygen atoms in total. The van der Waals surface area contributed by atoms with Crippen LogP contribution in [0.3, 0.4) is 0 Å². The van der Waals surface area contributed by atoms with Gasteiger partial charge in [-0.3, -0.25) is 10.2 Å². The number of amides is 1. The molecule has 1 rings (SSSR count). The smallest absolute Gasteiger partial charge is 0.271 e. The number of hydrazine groups is 1. The van der Waals surface area contributed by atoms with Crippen LogP contribution in [0.2, 0.25) is 0 Å². The highest BCUT2D eigenvalue weighted by molar-refractivity contribution is 5.76. The Kier molecular flexibility index (Phi) is 3.10. The molecular weight excluding hydrogens is 172 g/mol. The summed E-state index contributed by atoms with van der Waals surface area (Å²) in [7, 11) is 0. The van der Waals surface area contributed by atoms with Crippen molar-refractivity contribution in [1.29, 1.82) is 0 Å². The van der Waals surface area contributed by atoms with Gasteiger partial charge in [0, 0.05) is 0 Å². The lowest BCUT2D eigenvalue weighted by Crippen LogP contribution is -2.34. The Labute approximate surface area is 75.1 Å². The molecule has 0 saturated carbocycles. The fourth-order valence-corrected chi connectivity index (χ4v) is 0.764. The minimum Gasteiger partial charge on any atom is -0.504 e. The van der Waals surface area contributed by atoms with Gasteiger partial charge in [-0.25, -0.2) is 5.84 Å². The average Bonchev–Trinajstić information content (AvgIpc) is 2.16. The molecule has 1 aromatic rings. The fraction of sp³-hybridized carbons (Fsp3) is 0.125. The number of hydrogen-bond donors (Lipinski definition) is 3. The van der Waals surface area contributed by atoms with Crippen LogP contribution in [0.25, 0.3) is 0 Å². The molecule has 0 fully saturated rings. The molecule has 0 unspecified atom stereocenters. The molecule has 0 aliphatic carbocycles. The van der Waals surface area contributed by atoms with Crippen LogP contribution in [0, 0.1) is 0 Å². The predicted octanol–water partition coefficient (Wildman–Crippen LogP) is -0.239. The van der Waals surface area contributed by atoms with Crippen LogP contribution in [-0.4, -0.2) is 17.6 Å². The van der Waals surface area contributed by atoms with Gasteiger partial charge in [-0.2, -0.15) is 0 Å². The van der Waals surface area contributed by atoms with E-state index in [4.69, 9.17) is 10.6 Å². The Morgan fingerprint density at radius 1 is 1.54 bits per heavy atom. The quantitative estimate of drug-likeness (QED) is 0.342. The number of aromatic hydroxyl groups is 1. The van der Waals surface area contributed by atoms with Crippen molar-refractivity contribution in [2.45, 2.75) is 0 Å². The van der Waals surface area contributed by atoms with E-state index in [1.165, 1.54) is 6.07 Å². The third-order valence-corrected chi connectivity index (χ3v) is 1.39. The zero-order chi connectivity index (χ0) is 9.68. The first-order valence-corrected chi connectivity index (χ1v) is 3.64. The van der Waals surface area contributed by atoms with Crippen molar-refractivity contribution < 1.29 is 14.6 Å². The van der Waals surface area contributed by atoms with Gasteiger partial charge in [0.05, 0.1) is 0 Å². The summed E-state index contributed by atoms with van der Waals surface area (Å²) < 4.78 is 4.95. The predicted molar refractivity (Wildman–Crippen MR) is 45.9 cm³/mol. The van der Waals surface area contributed by atoms with Crippen molar-refractivity contribution in [2.75, 3.05) is 6.61 Å². The zero-order valence-electron chi connectivity index (χ0n) is 6.86. The maximum absolute atomic E-state index is 10.7. The molecule has 1 aromatic carbocycles. The first-order chi connectivity index (χ1) is 6.24. The number of para-hydroxylation sites is 2. The van der Waals surface area contributed by atoms with E-state index in [1.54, 1.807) is 18.2 Å². The highest BCUT2D eigenvalue weighted by Crippen LogP contribution is 2.23. The van der Waals surface area contributed by atoms with Crippen LogP contribution < -0.4 is 16.0 Å². The number of benzene rings is 1. The molecule has 0 bridgehead atoms. The van der Waals surface area contributed by atoms with Gasteiger partial charge in [-0.05, 0) is 12.1 Å². The SMILES string of the molecule is NNC(=O)COc1ccccc1O. The van der Waals surface area contributed by atoms with Crippen molar-refractivity contribution >= 4 is 5.91 Å². The van der Waals surface area contributed by atoms with E-state index in [2.05, 4.69) is 0 Å². The summed E-state index contributed by atoms with van der Waals surface area (Å²) >= 11 is 0. The van der Waals surface area contributed by atoms with Gasteiger partial charge in [0.15, 0.2) is 18.1 Å². The van der Waals surface area contributed by atoms with Crippen molar-refractivity contribution in [3.05, 3.63) is 24.3 Å². The van der Waals surface area contributed by atoms with Gasteiger partial charge in [0.2, 0.25) is 0 Å². The number of phenolic OH excluding ortho intramolecular Hbond substituents is 1. The van der Waals surface area contributed by atoms with E-state index < -0.39 is 5.91 Å². The lowest BCUT2D eigenvalue weighted by molar-refractivity contribution is -0.123. The maximum Gasteiger partial charge on any atom is 0.271 e. The van der Waals surface area contributed by atoms with Crippen LogP contribution in [0.1, 0.15) is 0 Å². The molecule has 0 aliphatic rings. The first kappa shape index (κ1) is 9.34. The second kappa shape index (κ2) is 4.32. The Hall–Kier alpha value is -1.75. The van der Waals surface area contributed by atoms with Gasteiger partial charge >= 0.3 is 0 Å². The average molecular weight is 182 g/mol. The van der Waals surface area contributed by atoms with Crippen molar-refractivity contribution in [3.63, 3.8) is 0 Å². The first-order valence-electron chi connectivity index (χ1n) is 3.64. The Balaban J connectivity index is 2.54. The molecule has 0 aromatic heterocycles. The molecule has 4 N–H and O–H groups in total. The van der Waals surface area contributed by atoms with E-state index in [0.29, 0.717) is 0 Å². The lowest BCUT2D eigenvalue weighted by atomic mass is 10.3. The Bertz CT molecular complexity index is 301. The number of hydrogen-bond acceptors (Lipinski definition) is 4. The van der Waals surface area contributed by atoms with E-state index >= 15 is 0 Å². The fourth-order valence-electron chi connectivity index (χ4n) is 0.764. The number of ether oxygens (including phenoxy) is 1. The van der Waals surface area contributed by atoms with Gasteiger partial charge in [-0.15, -0.1) is 0 Å². The molecule has 0 spiro atoms. The normalized spacial score (nSPS) is 9.31. The molecule has 0 atom stereocenters.